The van der Waals surface area contributed by atoms with E-state index in [4.69, 9.17) is 0 Å². The molecule has 0 saturated carbocycles. The van der Waals surface area contributed by atoms with Crippen LogP contribution >= 0.6 is 0 Å². The minimum atomic E-state index is 0. The van der Waals surface area contributed by atoms with E-state index in [2.05, 4.69) is 35.2 Å². The number of nitrogens with zero attached hydrogens (tertiary/aromatic N) is 1. The largest absolute Gasteiger partial charge is 0.563 e. The Hall–Kier alpha value is 0.244. The maximum atomic E-state index is 9.22. The number of hydrogen-bond acceptors (Lipinski definition) is 2. The molecule has 0 atom stereocenters. The van der Waals surface area contributed by atoms with Gasteiger partial charge in [-0.25, -0.2) is 6.10 Å². The zero-order valence-electron chi connectivity index (χ0n) is 11.9. The molecule has 2 rings (SSSR count). The second-order valence-corrected chi connectivity index (χ2v) is 5.46. The average molecular weight is 335 g/mol. The Kier molecular flexibility index (Phi) is 8.40. The van der Waals surface area contributed by atoms with E-state index in [1.165, 1.54) is 37.9 Å². The summed E-state index contributed by atoms with van der Waals surface area (Å²) in [4.78, 5) is 2.47. The summed E-state index contributed by atoms with van der Waals surface area (Å²) in [6, 6.07) is 10.8. The molecule has 1 aromatic carbocycles. The first-order valence-corrected chi connectivity index (χ1v) is 7.01. The average Bonchev–Trinajstić information content (AvgIpc) is 2.39. The molecule has 1 aromatic rings. The fraction of sp³-hybridized carbons (Fsp3) is 0.562. The first-order valence-electron chi connectivity index (χ1n) is 7.01. The third-order valence-corrected chi connectivity index (χ3v) is 3.86. The van der Waals surface area contributed by atoms with Crippen LogP contribution in [0.4, 0.5) is 0 Å². The molecule has 0 aliphatic carbocycles. The number of aliphatic hydroxyl groups excluding tert-OH is 1. The van der Waals surface area contributed by atoms with Gasteiger partial charge in [0.05, 0.1) is 0 Å². The van der Waals surface area contributed by atoms with Gasteiger partial charge in [-0.15, -0.1) is 6.42 Å². The molecule has 0 unspecified atom stereocenters. The number of likely N-dealkylation sites (tertiary alicyclic amines) is 1. The smallest absolute Gasteiger partial charge is 0 e. The molecule has 2 nitrogen and oxygen atoms in total. The molecule has 0 aromatic heterocycles. The van der Waals surface area contributed by atoms with Crippen LogP contribution in [-0.4, -0.2) is 29.6 Å². The zero-order chi connectivity index (χ0) is 12.8. The van der Waals surface area contributed by atoms with Crippen molar-refractivity contribution in [1.82, 2.24) is 4.90 Å². The van der Waals surface area contributed by atoms with Gasteiger partial charge in [0.15, 0.2) is 0 Å². The van der Waals surface area contributed by atoms with E-state index < -0.39 is 0 Å². The van der Waals surface area contributed by atoms with Gasteiger partial charge >= 0.3 is 0 Å². The fourth-order valence-corrected chi connectivity index (χ4v) is 2.68. The Labute approximate surface area is 142 Å². The molecule has 103 valence electrons. The Bertz CT molecular complexity index is 334. The summed E-state index contributed by atoms with van der Waals surface area (Å²) in [5, 5.41) is 9.22. The van der Waals surface area contributed by atoms with Gasteiger partial charge < -0.3 is 10.0 Å². The fourth-order valence-electron chi connectivity index (χ4n) is 2.68. The Morgan fingerprint density at radius 2 is 1.84 bits per heavy atom. The van der Waals surface area contributed by atoms with E-state index in [0.717, 1.165) is 18.9 Å². The first kappa shape index (κ1) is 17.3. The predicted octanol–water partition coefficient (Wildman–Crippen LogP) is 3.25. The molecule has 1 heterocycles. The maximum Gasteiger partial charge on any atom is 0 e. The molecule has 1 N–H and O–H groups in total. The normalized spacial score (nSPS) is 17.4. The van der Waals surface area contributed by atoms with Crippen LogP contribution in [0.3, 0.4) is 0 Å². The molecule has 0 amide bonds. The topological polar surface area (TPSA) is 23.5 Å². The van der Waals surface area contributed by atoms with Crippen LogP contribution in [0, 0.1) is 12.0 Å². The summed E-state index contributed by atoms with van der Waals surface area (Å²) in [5.74, 6) is 0.836. The molecule has 1 radical (unpaired) electrons. The SMILES string of the molecule is C[C-](O)CCN1CCC(Cc2ccccc2)CC1.[Y]. The summed E-state index contributed by atoms with van der Waals surface area (Å²) < 4.78 is 0. The molecule has 19 heavy (non-hydrogen) atoms. The van der Waals surface area contributed by atoms with Crippen LogP contribution < -0.4 is 0 Å². The van der Waals surface area contributed by atoms with Gasteiger partial charge in [0, 0.05) is 32.7 Å². The monoisotopic (exact) mass is 335 g/mol. The standard InChI is InChI=1S/C16H24NO.Y/c1-14(18)7-10-17-11-8-16(9-12-17)13-15-5-3-2-4-6-15;/h2-6,16,18H,7-13H2,1H3;/q-1;. The first-order chi connectivity index (χ1) is 8.74. The molecule has 0 spiro atoms. The van der Waals surface area contributed by atoms with Crippen molar-refractivity contribution >= 4 is 0 Å². The molecule has 0 bridgehead atoms. The van der Waals surface area contributed by atoms with E-state index in [9.17, 15) is 5.11 Å². The van der Waals surface area contributed by atoms with Gasteiger partial charge in [-0.1, -0.05) is 30.3 Å². The minimum absolute atomic E-state index is 0. The van der Waals surface area contributed by atoms with Crippen molar-refractivity contribution < 1.29 is 37.8 Å². The third-order valence-electron chi connectivity index (χ3n) is 3.86. The van der Waals surface area contributed by atoms with E-state index in [1.807, 2.05) is 0 Å². The zero-order valence-corrected chi connectivity index (χ0v) is 14.7. The van der Waals surface area contributed by atoms with Crippen molar-refractivity contribution in [2.24, 2.45) is 5.92 Å². The maximum absolute atomic E-state index is 9.22. The van der Waals surface area contributed by atoms with Crippen LogP contribution in [0.5, 0.6) is 0 Å². The number of benzene rings is 1. The summed E-state index contributed by atoms with van der Waals surface area (Å²) >= 11 is 0. The molecule has 1 aliphatic rings. The number of rotatable bonds is 5. The van der Waals surface area contributed by atoms with Crippen molar-refractivity contribution in [3.63, 3.8) is 0 Å². The van der Waals surface area contributed by atoms with Crippen LogP contribution in [-0.2, 0) is 39.1 Å². The number of piperidine rings is 1. The molecule has 3 heteroatoms. The van der Waals surface area contributed by atoms with E-state index >= 15 is 0 Å². The van der Waals surface area contributed by atoms with Crippen molar-refractivity contribution in [2.75, 3.05) is 19.6 Å². The van der Waals surface area contributed by atoms with Crippen molar-refractivity contribution in [1.29, 1.82) is 0 Å². The molecule has 1 saturated heterocycles. The Morgan fingerprint density at radius 3 is 2.42 bits per heavy atom. The summed E-state index contributed by atoms with van der Waals surface area (Å²) in [6.45, 7) is 5.18. The van der Waals surface area contributed by atoms with Crippen LogP contribution in [0.1, 0.15) is 31.7 Å². The third kappa shape index (κ3) is 6.49. The van der Waals surface area contributed by atoms with Crippen LogP contribution in [0.15, 0.2) is 30.3 Å². The second-order valence-electron chi connectivity index (χ2n) is 5.46. The Balaban J connectivity index is 0.00000180. The van der Waals surface area contributed by atoms with Gasteiger partial charge in [0.1, 0.15) is 0 Å². The summed E-state index contributed by atoms with van der Waals surface area (Å²) in [7, 11) is 0. The van der Waals surface area contributed by atoms with Crippen molar-refractivity contribution in [2.45, 2.75) is 32.6 Å². The predicted molar refractivity (Wildman–Crippen MR) is 74.8 cm³/mol. The van der Waals surface area contributed by atoms with Crippen LogP contribution in [0.25, 0.3) is 0 Å². The molecular formula is C16H24NOY-. The van der Waals surface area contributed by atoms with Gasteiger partial charge in [0.25, 0.3) is 0 Å². The van der Waals surface area contributed by atoms with Crippen molar-refractivity contribution in [3.05, 3.63) is 42.0 Å². The minimum Gasteiger partial charge on any atom is -0.563 e. The molecular weight excluding hydrogens is 311 g/mol. The number of hydrogen-bond donors (Lipinski definition) is 1. The van der Waals surface area contributed by atoms with Gasteiger partial charge in [-0.2, -0.15) is 6.92 Å². The van der Waals surface area contributed by atoms with Gasteiger partial charge in [0.2, 0.25) is 0 Å². The molecule has 1 fully saturated rings. The van der Waals surface area contributed by atoms with Crippen LogP contribution in [0.2, 0.25) is 0 Å². The number of aliphatic hydroxyl groups is 1. The quantitative estimate of drug-likeness (QED) is 0.835. The molecule has 1 aliphatic heterocycles. The Morgan fingerprint density at radius 1 is 1.21 bits per heavy atom. The van der Waals surface area contributed by atoms with Crippen molar-refractivity contribution in [3.8, 4) is 0 Å². The van der Waals surface area contributed by atoms with E-state index in [1.54, 1.807) is 6.92 Å². The second kappa shape index (κ2) is 9.23. The summed E-state index contributed by atoms with van der Waals surface area (Å²) in [5.41, 5.74) is 1.47. The van der Waals surface area contributed by atoms with Gasteiger partial charge in [-0.05, 0) is 50.4 Å². The summed E-state index contributed by atoms with van der Waals surface area (Å²) in [6.07, 6.45) is 5.18. The van der Waals surface area contributed by atoms with E-state index in [0.29, 0.717) is 6.10 Å². The van der Waals surface area contributed by atoms with Gasteiger partial charge in [-0.3, -0.25) is 0 Å². The van der Waals surface area contributed by atoms with E-state index in [-0.39, 0.29) is 32.7 Å².